The lowest BCUT2D eigenvalue weighted by Crippen LogP contribution is -1.96. The Morgan fingerprint density at radius 2 is 2.11 bits per heavy atom. The van der Waals surface area contributed by atoms with Crippen LogP contribution < -0.4 is 0 Å². The molecule has 0 N–H and O–H groups in total. The van der Waals surface area contributed by atoms with Gasteiger partial charge in [-0.2, -0.15) is 5.10 Å². The van der Waals surface area contributed by atoms with E-state index in [4.69, 9.17) is 11.6 Å². The van der Waals surface area contributed by atoms with Crippen molar-refractivity contribution in [2.45, 2.75) is 24.0 Å². The Morgan fingerprint density at radius 3 is 2.72 bits per heavy atom. The number of nitrogens with zero attached hydrogens (tertiary/aromatic N) is 2. The highest BCUT2D eigenvalue weighted by Gasteiger charge is 2.13. The monoisotopic (exact) mass is 344 g/mol. The highest BCUT2D eigenvalue weighted by Crippen LogP contribution is 2.32. The third kappa shape index (κ3) is 2.92. The van der Waals surface area contributed by atoms with Crippen molar-refractivity contribution in [1.29, 1.82) is 0 Å². The number of hydrogen-bond acceptors (Lipinski definition) is 2. The van der Waals surface area contributed by atoms with Crippen LogP contribution in [0.3, 0.4) is 0 Å². The Kier molecular flexibility index (Phi) is 4.76. The van der Waals surface area contributed by atoms with Crippen molar-refractivity contribution >= 4 is 39.3 Å². The van der Waals surface area contributed by atoms with Gasteiger partial charge in [0.25, 0.3) is 0 Å². The Labute approximate surface area is 125 Å². The average molecular weight is 346 g/mol. The third-order valence-corrected chi connectivity index (χ3v) is 5.15. The molecule has 0 spiro atoms. The topological polar surface area (TPSA) is 17.8 Å². The van der Waals surface area contributed by atoms with Gasteiger partial charge in [0.05, 0.1) is 20.9 Å². The molecule has 1 aromatic carbocycles. The summed E-state index contributed by atoms with van der Waals surface area (Å²) in [5.41, 5.74) is 2.30. The largest absolute Gasteiger partial charge is 0.270 e. The zero-order valence-electron chi connectivity index (χ0n) is 10.3. The van der Waals surface area contributed by atoms with Crippen molar-refractivity contribution in [3.8, 4) is 0 Å². The number of benzene rings is 1. The van der Waals surface area contributed by atoms with Crippen LogP contribution in [0.15, 0.2) is 33.6 Å². The molecule has 0 aliphatic rings. The first kappa shape index (κ1) is 14.0. The molecule has 2 nitrogen and oxygen atoms in total. The minimum Gasteiger partial charge on any atom is -0.270 e. The summed E-state index contributed by atoms with van der Waals surface area (Å²) in [6.45, 7) is 2.11. The van der Waals surface area contributed by atoms with Crippen molar-refractivity contribution in [3.63, 3.8) is 0 Å². The van der Waals surface area contributed by atoms with E-state index >= 15 is 0 Å². The van der Waals surface area contributed by atoms with E-state index in [2.05, 4.69) is 28.0 Å². The van der Waals surface area contributed by atoms with Crippen LogP contribution in [0.2, 0.25) is 5.02 Å². The Bertz CT molecular complexity index is 554. The van der Waals surface area contributed by atoms with Crippen LogP contribution >= 0.6 is 39.3 Å². The van der Waals surface area contributed by atoms with Crippen LogP contribution in [-0.2, 0) is 19.2 Å². The van der Waals surface area contributed by atoms with E-state index in [-0.39, 0.29) is 0 Å². The lowest BCUT2D eigenvalue weighted by atomic mass is 10.3. The maximum Gasteiger partial charge on any atom is 0.0767 e. The van der Waals surface area contributed by atoms with Crippen molar-refractivity contribution in [2.24, 2.45) is 7.05 Å². The summed E-state index contributed by atoms with van der Waals surface area (Å²) < 4.78 is 3.05. The van der Waals surface area contributed by atoms with Gasteiger partial charge in [0.2, 0.25) is 0 Å². The van der Waals surface area contributed by atoms with Crippen LogP contribution in [0.4, 0.5) is 0 Å². The zero-order chi connectivity index (χ0) is 13.1. The van der Waals surface area contributed by atoms with Crippen LogP contribution in [-0.4, -0.2) is 9.78 Å². The van der Waals surface area contributed by atoms with Crippen LogP contribution in [0.25, 0.3) is 0 Å². The predicted octanol–water partition coefficient (Wildman–Crippen LogP) is 4.69. The summed E-state index contributed by atoms with van der Waals surface area (Å²) in [7, 11) is 1.98. The predicted molar refractivity (Wildman–Crippen MR) is 81.3 cm³/mol. The molecule has 0 amide bonds. The summed E-state index contributed by atoms with van der Waals surface area (Å²) in [5.74, 6) is 0.855. The summed E-state index contributed by atoms with van der Waals surface area (Å²) in [4.78, 5) is 1.10. The van der Waals surface area contributed by atoms with Gasteiger partial charge in [0.1, 0.15) is 0 Å². The second-order valence-electron chi connectivity index (χ2n) is 3.90. The molecule has 5 heteroatoms. The van der Waals surface area contributed by atoms with Gasteiger partial charge in [-0.05, 0) is 34.5 Å². The van der Waals surface area contributed by atoms with E-state index in [9.17, 15) is 0 Å². The molecule has 0 saturated carbocycles. The van der Waals surface area contributed by atoms with Crippen LogP contribution in [0.5, 0.6) is 0 Å². The smallest absolute Gasteiger partial charge is 0.0767 e. The molecule has 0 aliphatic carbocycles. The van der Waals surface area contributed by atoms with Crippen LogP contribution in [0.1, 0.15) is 18.3 Å². The number of aromatic nitrogens is 2. The van der Waals surface area contributed by atoms with Crippen molar-refractivity contribution in [2.75, 3.05) is 0 Å². The minimum atomic E-state index is 0.802. The molecule has 0 saturated heterocycles. The number of rotatable bonds is 4. The standard InChI is InChI=1S/C13H14BrClN2S/c1-3-10-13(14)11(17(2)16-10)8-18-12-7-5-4-6-9(12)15/h4-7H,3,8H2,1-2H3. The quantitative estimate of drug-likeness (QED) is 0.748. The fourth-order valence-corrected chi connectivity index (χ4v) is 3.93. The SMILES string of the molecule is CCc1nn(C)c(CSc2ccccc2Cl)c1Br. The fraction of sp³-hybridized carbons (Fsp3) is 0.308. The highest BCUT2D eigenvalue weighted by atomic mass is 79.9. The summed E-state index contributed by atoms with van der Waals surface area (Å²) in [6, 6.07) is 7.91. The van der Waals surface area contributed by atoms with Crippen molar-refractivity contribution in [1.82, 2.24) is 9.78 Å². The van der Waals surface area contributed by atoms with Gasteiger partial charge in [0, 0.05) is 17.7 Å². The van der Waals surface area contributed by atoms with Gasteiger partial charge >= 0.3 is 0 Å². The molecule has 1 aromatic heterocycles. The molecule has 0 radical (unpaired) electrons. The Balaban J connectivity index is 2.16. The van der Waals surface area contributed by atoms with Gasteiger partial charge in [0.15, 0.2) is 0 Å². The minimum absolute atomic E-state index is 0.802. The molecule has 0 unspecified atom stereocenters. The molecule has 18 heavy (non-hydrogen) atoms. The maximum absolute atomic E-state index is 6.15. The Morgan fingerprint density at radius 1 is 1.39 bits per heavy atom. The summed E-state index contributed by atoms with van der Waals surface area (Å²) in [6.07, 6.45) is 0.936. The zero-order valence-corrected chi connectivity index (χ0v) is 13.4. The van der Waals surface area contributed by atoms with E-state index < -0.39 is 0 Å². The van der Waals surface area contributed by atoms with Crippen molar-refractivity contribution in [3.05, 3.63) is 45.1 Å². The first-order valence-electron chi connectivity index (χ1n) is 5.71. The van der Waals surface area contributed by atoms with Crippen molar-refractivity contribution < 1.29 is 0 Å². The summed E-state index contributed by atoms with van der Waals surface area (Å²) >= 11 is 11.5. The van der Waals surface area contributed by atoms with Gasteiger partial charge < -0.3 is 0 Å². The second kappa shape index (κ2) is 6.13. The van der Waals surface area contributed by atoms with Gasteiger partial charge in [-0.15, -0.1) is 11.8 Å². The first-order chi connectivity index (χ1) is 8.63. The van der Waals surface area contributed by atoms with Crippen LogP contribution in [0, 0.1) is 0 Å². The molecule has 96 valence electrons. The molecule has 1 heterocycles. The number of hydrogen-bond donors (Lipinski definition) is 0. The van der Waals surface area contributed by atoms with Gasteiger partial charge in [-0.25, -0.2) is 0 Å². The molecule has 0 atom stereocenters. The molecular formula is C13H14BrClN2S. The molecule has 0 aliphatic heterocycles. The van der Waals surface area contributed by atoms with Gasteiger partial charge in [-0.3, -0.25) is 4.68 Å². The normalized spacial score (nSPS) is 10.9. The average Bonchev–Trinajstić information content (AvgIpc) is 2.64. The van der Waals surface area contributed by atoms with E-state index in [0.29, 0.717) is 0 Å². The first-order valence-corrected chi connectivity index (χ1v) is 7.86. The lowest BCUT2D eigenvalue weighted by molar-refractivity contribution is 0.719. The number of halogens is 2. The number of aryl methyl sites for hydroxylation is 2. The van der Waals surface area contributed by atoms with E-state index in [0.717, 1.165) is 32.3 Å². The molecular weight excluding hydrogens is 332 g/mol. The Hall–Kier alpha value is -0.450. The number of thioether (sulfide) groups is 1. The molecule has 0 bridgehead atoms. The summed E-state index contributed by atoms with van der Waals surface area (Å²) in [5, 5.41) is 5.29. The lowest BCUT2D eigenvalue weighted by Gasteiger charge is -2.05. The van der Waals surface area contributed by atoms with E-state index in [1.165, 1.54) is 5.69 Å². The highest BCUT2D eigenvalue weighted by molar-refractivity contribution is 9.10. The maximum atomic E-state index is 6.15. The van der Waals surface area contributed by atoms with E-state index in [1.54, 1.807) is 11.8 Å². The molecule has 2 rings (SSSR count). The molecule has 2 aromatic rings. The van der Waals surface area contributed by atoms with Gasteiger partial charge in [-0.1, -0.05) is 30.7 Å². The van der Waals surface area contributed by atoms with E-state index in [1.807, 2.05) is 36.0 Å². The fourth-order valence-electron chi connectivity index (χ4n) is 1.68. The third-order valence-electron chi connectivity index (χ3n) is 2.70. The second-order valence-corrected chi connectivity index (χ2v) is 6.12. The molecule has 0 fully saturated rings.